The Morgan fingerprint density at radius 2 is 2.11 bits per heavy atom. The monoisotopic (exact) mass is 273 g/mol. The Morgan fingerprint density at radius 1 is 1.50 bits per heavy atom. The van der Waals surface area contributed by atoms with Crippen molar-refractivity contribution in [1.82, 2.24) is 0 Å². The number of halogens is 1. The second kappa shape index (κ2) is 5.34. The molecule has 100 valence electrons. The van der Waals surface area contributed by atoms with Gasteiger partial charge in [-0.2, -0.15) is 0 Å². The van der Waals surface area contributed by atoms with Gasteiger partial charge in [-0.3, -0.25) is 5.41 Å². The molecule has 1 rings (SSSR count). The first-order chi connectivity index (χ1) is 8.20. The van der Waals surface area contributed by atoms with Crippen LogP contribution in [0, 0.1) is 11.2 Å². The minimum absolute atomic E-state index is 0.0442. The highest BCUT2D eigenvalue weighted by Gasteiger charge is 2.11. The molecular formula is C11H16FN3O2S. The van der Waals surface area contributed by atoms with Gasteiger partial charge in [-0.25, -0.2) is 12.8 Å². The van der Waals surface area contributed by atoms with Gasteiger partial charge >= 0.3 is 0 Å². The molecule has 1 aromatic carbocycles. The molecule has 18 heavy (non-hydrogen) atoms. The van der Waals surface area contributed by atoms with Crippen LogP contribution in [0.15, 0.2) is 18.2 Å². The van der Waals surface area contributed by atoms with Crippen LogP contribution >= 0.6 is 0 Å². The summed E-state index contributed by atoms with van der Waals surface area (Å²) in [4.78, 5) is 1.51. The lowest BCUT2D eigenvalue weighted by atomic mass is 10.1. The molecule has 0 atom stereocenters. The highest BCUT2D eigenvalue weighted by molar-refractivity contribution is 7.90. The highest BCUT2D eigenvalue weighted by Crippen LogP contribution is 2.19. The molecule has 0 spiro atoms. The zero-order chi connectivity index (χ0) is 13.9. The third-order valence-electron chi connectivity index (χ3n) is 2.47. The minimum Gasteiger partial charge on any atom is -0.384 e. The number of nitrogens with two attached hydrogens (primary N) is 1. The zero-order valence-corrected chi connectivity index (χ0v) is 11.1. The zero-order valence-electron chi connectivity index (χ0n) is 10.3. The average molecular weight is 273 g/mol. The Morgan fingerprint density at radius 3 is 2.56 bits per heavy atom. The molecule has 0 aliphatic rings. The van der Waals surface area contributed by atoms with E-state index in [0.29, 0.717) is 5.56 Å². The van der Waals surface area contributed by atoms with Gasteiger partial charge in [-0.05, 0) is 18.2 Å². The van der Waals surface area contributed by atoms with Crippen LogP contribution < -0.4 is 10.6 Å². The van der Waals surface area contributed by atoms with Crippen molar-refractivity contribution in [3.05, 3.63) is 29.6 Å². The van der Waals surface area contributed by atoms with Gasteiger partial charge in [0.05, 0.1) is 11.4 Å². The van der Waals surface area contributed by atoms with E-state index in [1.165, 1.54) is 17.0 Å². The van der Waals surface area contributed by atoms with Crippen molar-refractivity contribution in [3.63, 3.8) is 0 Å². The molecule has 0 heterocycles. The Hall–Kier alpha value is -1.63. The number of nitrogen functional groups attached to an aromatic ring is 1. The number of anilines is 1. The fourth-order valence-electron chi connectivity index (χ4n) is 1.41. The molecule has 7 heteroatoms. The van der Waals surface area contributed by atoms with E-state index in [9.17, 15) is 12.8 Å². The van der Waals surface area contributed by atoms with Crippen molar-refractivity contribution in [2.45, 2.75) is 0 Å². The van der Waals surface area contributed by atoms with Crippen LogP contribution in [-0.2, 0) is 9.84 Å². The molecule has 0 aliphatic carbocycles. The predicted octanol–water partition coefficient (Wildman–Crippen LogP) is 0.591. The van der Waals surface area contributed by atoms with Gasteiger partial charge in [0.1, 0.15) is 21.5 Å². The maximum atomic E-state index is 13.7. The van der Waals surface area contributed by atoms with E-state index in [1.807, 2.05) is 0 Å². The first-order valence-corrected chi connectivity index (χ1v) is 7.29. The summed E-state index contributed by atoms with van der Waals surface area (Å²) in [6.07, 6.45) is 1.13. The van der Waals surface area contributed by atoms with Gasteiger partial charge in [-0.1, -0.05) is 0 Å². The van der Waals surface area contributed by atoms with E-state index in [0.717, 1.165) is 12.3 Å². The predicted molar refractivity (Wildman–Crippen MR) is 70.4 cm³/mol. The van der Waals surface area contributed by atoms with Crippen LogP contribution in [0.4, 0.5) is 10.1 Å². The second-order valence-corrected chi connectivity index (χ2v) is 6.39. The van der Waals surface area contributed by atoms with Gasteiger partial charge in [0.2, 0.25) is 0 Å². The number of hydrogen-bond donors (Lipinski definition) is 2. The van der Waals surface area contributed by atoms with Crippen molar-refractivity contribution in [1.29, 1.82) is 5.41 Å². The normalized spacial score (nSPS) is 11.3. The van der Waals surface area contributed by atoms with Crippen LogP contribution in [0.5, 0.6) is 0 Å². The van der Waals surface area contributed by atoms with Crippen LogP contribution in [0.1, 0.15) is 5.56 Å². The van der Waals surface area contributed by atoms with Gasteiger partial charge in [0.15, 0.2) is 0 Å². The first-order valence-electron chi connectivity index (χ1n) is 5.23. The summed E-state index contributed by atoms with van der Waals surface area (Å²) >= 11 is 0. The van der Waals surface area contributed by atoms with Crippen LogP contribution in [-0.4, -0.2) is 39.9 Å². The molecule has 0 amide bonds. The molecule has 0 aromatic heterocycles. The lowest BCUT2D eigenvalue weighted by Crippen LogP contribution is -2.25. The van der Waals surface area contributed by atoms with Gasteiger partial charge < -0.3 is 10.6 Å². The van der Waals surface area contributed by atoms with Gasteiger partial charge in [-0.15, -0.1) is 0 Å². The van der Waals surface area contributed by atoms with E-state index in [-0.39, 0.29) is 23.8 Å². The lowest BCUT2D eigenvalue weighted by Gasteiger charge is -2.19. The first kappa shape index (κ1) is 14.4. The highest BCUT2D eigenvalue weighted by atomic mass is 32.2. The molecule has 0 unspecified atom stereocenters. The minimum atomic E-state index is -3.08. The van der Waals surface area contributed by atoms with Crippen LogP contribution in [0.3, 0.4) is 0 Å². The molecule has 0 aliphatic heterocycles. The van der Waals surface area contributed by atoms with E-state index < -0.39 is 15.7 Å². The average Bonchev–Trinajstić information content (AvgIpc) is 2.24. The topological polar surface area (TPSA) is 87.2 Å². The number of benzene rings is 1. The molecule has 5 nitrogen and oxygen atoms in total. The van der Waals surface area contributed by atoms with E-state index in [2.05, 4.69) is 0 Å². The number of amidine groups is 1. The summed E-state index contributed by atoms with van der Waals surface area (Å²) < 4.78 is 35.8. The Bertz CT molecular complexity index is 557. The van der Waals surface area contributed by atoms with Crippen molar-refractivity contribution < 1.29 is 12.8 Å². The van der Waals surface area contributed by atoms with Crippen molar-refractivity contribution in [2.75, 3.05) is 30.5 Å². The summed E-state index contributed by atoms with van der Waals surface area (Å²) in [5.41, 5.74) is 5.83. The maximum Gasteiger partial charge on any atom is 0.149 e. The molecule has 0 fully saturated rings. The van der Waals surface area contributed by atoms with E-state index >= 15 is 0 Å². The number of nitrogens with zero attached hydrogens (tertiary/aromatic N) is 1. The summed E-state index contributed by atoms with van der Waals surface area (Å²) in [6, 6.07) is 4.17. The maximum absolute atomic E-state index is 13.7. The van der Waals surface area contributed by atoms with Gasteiger partial charge in [0, 0.05) is 25.4 Å². The third-order valence-corrected chi connectivity index (χ3v) is 3.39. The lowest BCUT2D eigenvalue weighted by molar-refractivity contribution is 0.599. The molecule has 3 N–H and O–H groups in total. The smallest absolute Gasteiger partial charge is 0.149 e. The molecule has 0 radical (unpaired) electrons. The number of hydrogen-bond acceptors (Lipinski definition) is 4. The Balaban J connectivity index is 2.87. The molecule has 1 aromatic rings. The van der Waals surface area contributed by atoms with Crippen molar-refractivity contribution >= 4 is 21.4 Å². The van der Waals surface area contributed by atoms with E-state index in [1.54, 1.807) is 7.05 Å². The fourth-order valence-corrected chi connectivity index (χ4v) is 2.01. The number of rotatable bonds is 5. The SMILES string of the molecule is CN(CCS(C)(=O)=O)c1ccc(C(=N)N)cc1F. The largest absolute Gasteiger partial charge is 0.384 e. The van der Waals surface area contributed by atoms with Crippen LogP contribution in [0.2, 0.25) is 0 Å². The van der Waals surface area contributed by atoms with E-state index in [4.69, 9.17) is 11.1 Å². The summed E-state index contributed by atoms with van der Waals surface area (Å²) in [7, 11) is -1.47. The second-order valence-electron chi connectivity index (χ2n) is 4.13. The summed E-state index contributed by atoms with van der Waals surface area (Å²) in [5.74, 6) is -0.782. The quantitative estimate of drug-likeness (QED) is 0.607. The number of nitrogens with one attached hydrogen (secondary N) is 1. The molecule has 0 bridgehead atoms. The summed E-state index contributed by atoms with van der Waals surface area (Å²) in [6.45, 7) is 0.204. The Labute approximate surface area is 106 Å². The molecule has 0 saturated carbocycles. The van der Waals surface area contributed by atoms with Crippen LogP contribution in [0.25, 0.3) is 0 Å². The number of sulfone groups is 1. The molecule has 0 saturated heterocycles. The standard InChI is InChI=1S/C11H16FN3O2S/c1-15(5-6-18(2,16)17)10-4-3-8(11(13)14)7-9(10)12/h3-4,7H,5-6H2,1-2H3,(H3,13,14). The summed E-state index contributed by atoms with van der Waals surface area (Å²) in [5, 5.41) is 7.19. The Kier molecular flexibility index (Phi) is 4.28. The van der Waals surface area contributed by atoms with Gasteiger partial charge in [0.25, 0.3) is 0 Å². The molecular weight excluding hydrogens is 257 g/mol. The fraction of sp³-hybridized carbons (Fsp3) is 0.364. The van der Waals surface area contributed by atoms with Crippen molar-refractivity contribution in [3.8, 4) is 0 Å². The third kappa shape index (κ3) is 3.99. The van der Waals surface area contributed by atoms with Crippen molar-refractivity contribution in [2.24, 2.45) is 5.73 Å².